The molecule has 8 heteroatoms. The predicted molar refractivity (Wildman–Crippen MR) is 98.4 cm³/mol. The number of piperidine rings is 1. The lowest BCUT2D eigenvalue weighted by molar-refractivity contribution is 0.0725. The van der Waals surface area contributed by atoms with Crippen LogP contribution < -0.4 is 4.72 Å². The summed E-state index contributed by atoms with van der Waals surface area (Å²) in [6.07, 6.45) is 9.22. The molecule has 1 atom stereocenters. The van der Waals surface area contributed by atoms with Gasteiger partial charge >= 0.3 is 0 Å². The number of nitrogens with zero attached hydrogens (tertiary/aromatic N) is 3. The third kappa shape index (κ3) is 3.53. The first-order valence-corrected chi connectivity index (χ1v) is 11.3. The Bertz CT molecular complexity index is 778. The van der Waals surface area contributed by atoms with Gasteiger partial charge < -0.3 is 4.90 Å². The molecule has 7 nitrogen and oxygen atoms in total. The van der Waals surface area contributed by atoms with Crippen LogP contribution in [0.25, 0.3) is 0 Å². The molecule has 144 valence electrons. The fourth-order valence-electron chi connectivity index (χ4n) is 4.37. The number of rotatable bonds is 5. The summed E-state index contributed by atoms with van der Waals surface area (Å²) < 4.78 is 30.2. The Morgan fingerprint density at radius 3 is 2.58 bits per heavy atom. The molecule has 1 saturated heterocycles. The standard InChI is InChI=1S/C18H28N4O3S/c1-21-17(13-8-9-13)16(11-19-21)18(23)22-10-4-7-15(12-22)26(24,25)20-14-5-2-3-6-14/h11,13-15,20H,2-10,12H2,1H3. The Morgan fingerprint density at radius 1 is 1.15 bits per heavy atom. The van der Waals surface area contributed by atoms with Gasteiger partial charge in [-0.3, -0.25) is 9.48 Å². The number of carbonyl (C=O) groups is 1. The number of sulfonamides is 1. The van der Waals surface area contributed by atoms with E-state index in [-0.39, 0.29) is 18.5 Å². The minimum atomic E-state index is -3.39. The lowest BCUT2D eigenvalue weighted by atomic mass is 10.1. The van der Waals surface area contributed by atoms with Crippen LogP contribution >= 0.6 is 0 Å². The van der Waals surface area contributed by atoms with Crippen LogP contribution in [0, 0.1) is 0 Å². The summed E-state index contributed by atoms with van der Waals surface area (Å²) >= 11 is 0. The van der Waals surface area contributed by atoms with E-state index >= 15 is 0 Å². The highest BCUT2D eigenvalue weighted by Crippen LogP contribution is 2.41. The van der Waals surface area contributed by atoms with Gasteiger partial charge in [-0.1, -0.05) is 12.8 Å². The first kappa shape index (κ1) is 18.0. The minimum absolute atomic E-state index is 0.0687. The number of likely N-dealkylation sites (tertiary alicyclic amines) is 1. The lowest BCUT2D eigenvalue weighted by Gasteiger charge is -2.33. The molecule has 1 N–H and O–H groups in total. The molecular formula is C18H28N4O3S. The molecule has 2 heterocycles. The van der Waals surface area contributed by atoms with E-state index in [1.54, 1.807) is 15.8 Å². The molecule has 3 aliphatic rings. The topological polar surface area (TPSA) is 84.3 Å². The van der Waals surface area contributed by atoms with Crippen LogP contribution in [0.3, 0.4) is 0 Å². The average Bonchev–Trinajstić information content (AvgIpc) is 3.19. The zero-order chi connectivity index (χ0) is 18.3. The maximum Gasteiger partial charge on any atom is 0.257 e. The molecule has 0 bridgehead atoms. The van der Waals surface area contributed by atoms with Crippen molar-refractivity contribution in [2.45, 2.75) is 68.6 Å². The molecule has 1 unspecified atom stereocenters. The molecule has 4 rings (SSSR count). The smallest absolute Gasteiger partial charge is 0.257 e. The van der Waals surface area contributed by atoms with Crippen LogP contribution in [-0.4, -0.2) is 53.4 Å². The number of aryl methyl sites for hydroxylation is 1. The summed E-state index contributed by atoms with van der Waals surface area (Å²) in [5, 5.41) is 3.76. The van der Waals surface area contributed by atoms with Crippen molar-refractivity contribution in [3.05, 3.63) is 17.5 Å². The monoisotopic (exact) mass is 380 g/mol. The van der Waals surface area contributed by atoms with Gasteiger partial charge in [0.05, 0.1) is 22.7 Å². The summed E-state index contributed by atoms with van der Waals surface area (Å²) in [5.41, 5.74) is 1.65. The van der Waals surface area contributed by atoms with Gasteiger partial charge in [-0.2, -0.15) is 5.10 Å². The Morgan fingerprint density at radius 2 is 1.88 bits per heavy atom. The molecule has 0 spiro atoms. The van der Waals surface area contributed by atoms with Gasteiger partial charge in [-0.25, -0.2) is 13.1 Å². The molecule has 1 aromatic rings. The fourth-order valence-corrected chi connectivity index (χ4v) is 6.12. The SMILES string of the molecule is Cn1ncc(C(=O)N2CCCC(S(=O)(=O)NC3CCCC3)C2)c1C1CC1. The Balaban J connectivity index is 1.47. The number of nitrogens with one attached hydrogen (secondary N) is 1. The molecule has 2 saturated carbocycles. The maximum absolute atomic E-state index is 13.0. The van der Waals surface area contributed by atoms with Crippen molar-refractivity contribution in [3.8, 4) is 0 Å². The van der Waals surface area contributed by atoms with E-state index in [0.29, 0.717) is 24.4 Å². The van der Waals surface area contributed by atoms with E-state index in [9.17, 15) is 13.2 Å². The number of amides is 1. The van der Waals surface area contributed by atoms with Gasteiger partial charge in [0, 0.05) is 32.1 Å². The Kier molecular flexibility index (Phi) is 4.81. The van der Waals surface area contributed by atoms with Crippen molar-refractivity contribution in [3.63, 3.8) is 0 Å². The third-order valence-corrected chi connectivity index (χ3v) is 7.89. The molecule has 3 fully saturated rings. The molecule has 1 amide bonds. The zero-order valence-electron chi connectivity index (χ0n) is 15.4. The van der Waals surface area contributed by atoms with Gasteiger partial charge in [0.15, 0.2) is 0 Å². The molecule has 1 aliphatic heterocycles. The summed E-state index contributed by atoms with van der Waals surface area (Å²) in [5.74, 6) is 0.357. The lowest BCUT2D eigenvalue weighted by Crippen LogP contribution is -2.50. The molecule has 0 radical (unpaired) electrons. The third-order valence-electron chi connectivity index (χ3n) is 5.97. The van der Waals surface area contributed by atoms with Crippen LogP contribution in [0.1, 0.15) is 73.3 Å². The number of carbonyl (C=O) groups excluding carboxylic acids is 1. The van der Waals surface area contributed by atoms with Crippen molar-refractivity contribution in [2.75, 3.05) is 13.1 Å². The van der Waals surface area contributed by atoms with Crippen LogP contribution in [0.4, 0.5) is 0 Å². The second-order valence-electron chi connectivity index (χ2n) is 8.00. The van der Waals surface area contributed by atoms with Crippen LogP contribution in [-0.2, 0) is 17.1 Å². The summed E-state index contributed by atoms with van der Waals surface area (Å²) in [6, 6.07) is 0.0749. The fraction of sp³-hybridized carbons (Fsp3) is 0.778. The largest absolute Gasteiger partial charge is 0.337 e. The Labute approximate surface area is 155 Å². The van der Waals surface area contributed by atoms with E-state index in [2.05, 4.69) is 9.82 Å². The van der Waals surface area contributed by atoms with Crippen molar-refractivity contribution >= 4 is 15.9 Å². The summed E-state index contributed by atoms with van der Waals surface area (Å²) in [7, 11) is -1.51. The van der Waals surface area contributed by atoms with E-state index in [1.807, 2.05) is 7.05 Å². The van der Waals surface area contributed by atoms with E-state index in [4.69, 9.17) is 0 Å². The van der Waals surface area contributed by atoms with Gasteiger partial charge in [-0.05, 0) is 38.5 Å². The first-order chi connectivity index (χ1) is 12.5. The van der Waals surface area contributed by atoms with E-state index < -0.39 is 15.3 Å². The van der Waals surface area contributed by atoms with Crippen LogP contribution in [0.15, 0.2) is 6.20 Å². The van der Waals surface area contributed by atoms with Crippen molar-refractivity contribution < 1.29 is 13.2 Å². The number of aromatic nitrogens is 2. The highest BCUT2D eigenvalue weighted by Gasteiger charge is 2.37. The number of hydrogen-bond acceptors (Lipinski definition) is 4. The molecule has 26 heavy (non-hydrogen) atoms. The second-order valence-corrected chi connectivity index (χ2v) is 9.99. The molecule has 1 aromatic heterocycles. The predicted octanol–water partition coefficient (Wildman–Crippen LogP) is 1.76. The van der Waals surface area contributed by atoms with E-state index in [0.717, 1.165) is 50.6 Å². The van der Waals surface area contributed by atoms with Crippen molar-refractivity contribution in [1.82, 2.24) is 19.4 Å². The quantitative estimate of drug-likeness (QED) is 0.844. The Hall–Kier alpha value is -1.41. The van der Waals surface area contributed by atoms with Crippen LogP contribution in [0.2, 0.25) is 0 Å². The minimum Gasteiger partial charge on any atom is -0.337 e. The van der Waals surface area contributed by atoms with Gasteiger partial charge in [0.2, 0.25) is 10.0 Å². The number of hydrogen-bond donors (Lipinski definition) is 1. The second kappa shape index (κ2) is 6.96. The average molecular weight is 381 g/mol. The maximum atomic E-state index is 13.0. The molecular weight excluding hydrogens is 352 g/mol. The summed E-state index contributed by atoms with van der Waals surface area (Å²) in [4.78, 5) is 14.8. The van der Waals surface area contributed by atoms with E-state index in [1.165, 1.54) is 0 Å². The van der Waals surface area contributed by atoms with Gasteiger partial charge in [0.25, 0.3) is 5.91 Å². The highest BCUT2D eigenvalue weighted by atomic mass is 32.2. The zero-order valence-corrected chi connectivity index (χ0v) is 16.2. The summed E-state index contributed by atoms with van der Waals surface area (Å²) in [6.45, 7) is 0.896. The van der Waals surface area contributed by atoms with Crippen molar-refractivity contribution in [1.29, 1.82) is 0 Å². The highest BCUT2D eigenvalue weighted by molar-refractivity contribution is 7.90. The van der Waals surface area contributed by atoms with Gasteiger partial charge in [0.1, 0.15) is 0 Å². The first-order valence-electron chi connectivity index (χ1n) is 9.78. The van der Waals surface area contributed by atoms with Crippen LogP contribution in [0.5, 0.6) is 0 Å². The van der Waals surface area contributed by atoms with Crippen molar-refractivity contribution in [2.24, 2.45) is 7.05 Å². The molecule has 0 aromatic carbocycles. The normalized spacial score (nSPS) is 25.0. The molecule has 2 aliphatic carbocycles. The van der Waals surface area contributed by atoms with Gasteiger partial charge in [-0.15, -0.1) is 0 Å².